The molecule has 1 aliphatic heterocycles. The number of aryl methyl sites for hydroxylation is 1. The molecule has 3 rings (SSSR count). The highest BCUT2D eigenvalue weighted by Gasteiger charge is 2.26. The molecule has 1 aromatic heterocycles. The molecule has 142 valence electrons. The van der Waals surface area contributed by atoms with Gasteiger partial charge >= 0.3 is 0 Å². The van der Waals surface area contributed by atoms with E-state index < -0.39 is 0 Å². The summed E-state index contributed by atoms with van der Waals surface area (Å²) in [5.41, 5.74) is 4.74. The Hall–Kier alpha value is -2.50. The third-order valence-electron chi connectivity index (χ3n) is 4.69. The van der Waals surface area contributed by atoms with Crippen molar-refractivity contribution >= 4 is 23.1 Å². The number of anilines is 1. The van der Waals surface area contributed by atoms with Crippen LogP contribution in [0.2, 0.25) is 0 Å². The Morgan fingerprint density at radius 3 is 2.58 bits per heavy atom. The summed E-state index contributed by atoms with van der Waals surface area (Å²) < 4.78 is 11.0. The average molecular weight is 360 g/mol. The molecule has 1 aromatic carbocycles. The van der Waals surface area contributed by atoms with Gasteiger partial charge in [0.25, 0.3) is 6.47 Å². The minimum atomic E-state index is -0.250. The number of ether oxygens (including phenoxy) is 2. The zero-order valence-corrected chi connectivity index (χ0v) is 16.2. The molecule has 0 spiro atoms. The van der Waals surface area contributed by atoms with E-state index >= 15 is 0 Å². The Labute approximate surface area is 154 Å². The molecule has 1 N–H and O–H groups in total. The molecule has 6 nitrogen and oxygen atoms in total. The summed E-state index contributed by atoms with van der Waals surface area (Å²) in [5.74, 6) is 2.30. The van der Waals surface area contributed by atoms with Crippen LogP contribution in [0.4, 0.5) is 5.69 Å². The fourth-order valence-electron chi connectivity index (χ4n) is 3.38. The van der Waals surface area contributed by atoms with Crippen LogP contribution in [0.3, 0.4) is 0 Å². The third kappa shape index (κ3) is 4.00. The van der Waals surface area contributed by atoms with Crippen molar-refractivity contribution in [3.63, 3.8) is 0 Å². The maximum absolute atomic E-state index is 8.36. The molecule has 6 heteroatoms. The van der Waals surface area contributed by atoms with E-state index in [0.717, 1.165) is 47.6 Å². The number of aromatic nitrogens is 1. The molecule has 0 unspecified atom stereocenters. The Morgan fingerprint density at radius 1 is 1.31 bits per heavy atom. The number of pyridine rings is 1. The van der Waals surface area contributed by atoms with Crippen LogP contribution in [0.1, 0.15) is 31.5 Å². The van der Waals surface area contributed by atoms with Gasteiger partial charge in [-0.15, -0.1) is 0 Å². The van der Waals surface area contributed by atoms with Crippen molar-refractivity contribution in [2.24, 2.45) is 5.92 Å². The van der Waals surface area contributed by atoms with Crippen LogP contribution in [0.25, 0.3) is 10.9 Å². The summed E-state index contributed by atoms with van der Waals surface area (Å²) in [5, 5.41) is 8.03. The number of carboxylic acid groups (broad SMARTS) is 1. The molecule has 0 aliphatic carbocycles. The SMILES string of the molecule is COc1cc(OC)c2nc(C)c3c(c2c1)N(CCC(C)C)CC3.O=CO. The molecule has 0 atom stereocenters. The first-order chi connectivity index (χ1) is 12.5. The van der Waals surface area contributed by atoms with Crippen molar-refractivity contribution < 1.29 is 19.4 Å². The van der Waals surface area contributed by atoms with E-state index in [9.17, 15) is 0 Å². The van der Waals surface area contributed by atoms with E-state index in [1.54, 1.807) is 14.2 Å². The Kier molecular flexibility index (Phi) is 6.66. The number of benzene rings is 1. The molecule has 0 bridgehead atoms. The van der Waals surface area contributed by atoms with Gasteiger partial charge in [-0.05, 0) is 37.3 Å². The first kappa shape index (κ1) is 19.8. The summed E-state index contributed by atoms with van der Waals surface area (Å²) in [6, 6.07) is 4.01. The topological polar surface area (TPSA) is 71.9 Å². The Balaban J connectivity index is 0.000000758. The van der Waals surface area contributed by atoms with Crippen molar-refractivity contribution in [1.29, 1.82) is 0 Å². The second-order valence-electron chi connectivity index (χ2n) is 6.78. The highest BCUT2D eigenvalue weighted by Crippen LogP contribution is 2.41. The average Bonchev–Trinajstić information content (AvgIpc) is 3.05. The van der Waals surface area contributed by atoms with Crippen molar-refractivity contribution in [1.82, 2.24) is 4.98 Å². The van der Waals surface area contributed by atoms with Gasteiger partial charge in [-0.1, -0.05) is 13.8 Å². The van der Waals surface area contributed by atoms with Crippen molar-refractivity contribution in [2.45, 2.75) is 33.6 Å². The summed E-state index contributed by atoms with van der Waals surface area (Å²) in [7, 11) is 3.38. The van der Waals surface area contributed by atoms with Gasteiger partial charge in [0.15, 0.2) is 0 Å². The number of rotatable bonds is 5. The second kappa shape index (κ2) is 8.74. The van der Waals surface area contributed by atoms with Crippen LogP contribution in [-0.4, -0.2) is 43.9 Å². The van der Waals surface area contributed by atoms with Crippen molar-refractivity contribution in [3.8, 4) is 11.5 Å². The monoisotopic (exact) mass is 360 g/mol. The lowest BCUT2D eigenvalue weighted by molar-refractivity contribution is -0.122. The first-order valence-electron chi connectivity index (χ1n) is 8.84. The summed E-state index contributed by atoms with van der Waals surface area (Å²) in [4.78, 5) is 15.7. The molecular weight excluding hydrogens is 332 g/mol. The summed E-state index contributed by atoms with van der Waals surface area (Å²) in [6.07, 6.45) is 2.27. The minimum absolute atomic E-state index is 0.250. The number of methoxy groups -OCH3 is 2. The number of fused-ring (bicyclic) bond motifs is 3. The van der Waals surface area contributed by atoms with E-state index in [1.165, 1.54) is 17.7 Å². The maximum Gasteiger partial charge on any atom is 0.290 e. The highest BCUT2D eigenvalue weighted by atomic mass is 16.5. The fraction of sp³-hybridized carbons (Fsp3) is 0.500. The molecule has 0 saturated carbocycles. The fourth-order valence-corrected chi connectivity index (χ4v) is 3.38. The molecule has 0 radical (unpaired) electrons. The van der Waals surface area contributed by atoms with Crippen LogP contribution >= 0.6 is 0 Å². The van der Waals surface area contributed by atoms with Crippen molar-refractivity contribution in [3.05, 3.63) is 23.4 Å². The normalized spacial score (nSPS) is 12.6. The van der Waals surface area contributed by atoms with Gasteiger partial charge in [0.2, 0.25) is 0 Å². The summed E-state index contributed by atoms with van der Waals surface area (Å²) >= 11 is 0. The van der Waals surface area contributed by atoms with E-state index in [1.807, 2.05) is 6.07 Å². The van der Waals surface area contributed by atoms with Crippen molar-refractivity contribution in [2.75, 3.05) is 32.2 Å². The maximum atomic E-state index is 8.36. The van der Waals surface area contributed by atoms with Crippen LogP contribution in [-0.2, 0) is 11.2 Å². The molecule has 0 fully saturated rings. The van der Waals surface area contributed by atoms with Gasteiger partial charge in [-0.3, -0.25) is 4.79 Å². The lowest BCUT2D eigenvalue weighted by atomic mass is 10.0. The van der Waals surface area contributed by atoms with E-state index in [2.05, 4.69) is 31.7 Å². The largest absolute Gasteiger partial charge is 0.497 e. The lowest BCUT2D eigenvalue weighted by Crippen LogP contribution is -2.23. The smallest absolute Gasteiger partial charge is 0.290 e. The predicted molar refractivity (Wildman–Crippen MR) is 104 cm³/mol. The Morgan fingerprint density at radius 2 is 2.00 bits per heavy atom. The Bertz CT molecular complexity index is 774. The van der Waals surface area contributed by atoms with Crippen LogP contribution in [0.5, 0.6) is 11.5 Å². The van der Waals surface area contributed by atoms with Crippen LogP contribution in [0, 0.1) is 12.8 Å². The zero-order chi connectivity index (χ0) is 19.3. The molecule has 2 aromatic rings. The van der Waals surface area contributed by atoms with Gasteiger partial charge in [-0.25, -0.2) is 4.98 Å². The predicted octanol–water partition coefficient (Wildman–Crippen LogP) is 3.67. The van der Waals surface area contributed by atoms with Gasteiger partial charge in [0.05, 0.1) is 19.9 Å². The number of hydrogen-bond acceptors (Lipinski definition) is 5. The van der Waals surface area contributed by atoms with Gasteiger partial charge in [0, 0.05) is 30.2 Å². The second-order valence-corrected chi connectivity index (χ2v) is 6.78. The molecule has 2 heterocycles. The van der Waals surface area contributed by atoms with Gasteiger partial charge in [-0.2, -0.15) is 0 Å². The summed E-state index contributed by atoms with van der Waals surface area (Å²) in [6.45, 7) is 8.57. The van der Waals surface area contributed by atoms with E-state index in [-0.39, 0.29) is 6.47 Å². The number of hydrogen-bond donors (Lipinski definition) is 1. The van der Waals surface area contributed by atoms with E-state index in [0.29, 0.717) is 5.92 Å². The van der Waals surface area contributed by atoms with Crippen LogP contribution in [0.15, 0.2) is 12.1 Å². The minimum Gasteiger partial charge on any atom is -0.497 e. The number of carbonyl (C=O) groups is 1. The molecule has 1 aliphatic rings. The quantitative estimate of drug-likeness (QED) is 0.820. The molecule has 0 amide bonds. The lowest BCUT2D eigenvalue weighted by Gasteiger charge is -2.23. The standard InChI is InChI=1S/C19H26N2O2.CH2O2/c1-12(2)6-8-21-9-7-15-13(3)20-18-16(19(15)21)10-14(22-4)11-17(18)23-5;2-1-3/h10-12H,6-9H2,1-5H3;1H,(H,2,3). The van der Waals surface area contributed by atoms with Gasteiger partial charge in [0.1, 0.15) is 17.0 Å². The van der Waals surface area contributed by atoms with E-state index in [4.69, 9.17) is 24.4 Å². The molecule has 0 saturated heterocycles. The molecule has 26 heavy (non-hydrogen) atoms. The van der Waals surface area contributed by atoms with Crippen LogP contribution < -0.4 is 14.4 Å². The first-order valence-corrected chi connectivity index (χ1v) is 8.84. The zero-order valence-electron chi connectivity index (χ0n) is 16.2. The number of nitrogens with zero attached hydrogens (tertiary/aromatic N) is 2. The third-order valence-corrected chi connectivity index (χ3v) is 4.69. The highest BCUT2D eigenvalue weighted by molar-refractivity contribution is 5.99. The molecular formula is C20H28N2O4. The van der Waals surface area contributed by atoms with Gasteiger partial charge < -0.3 is 19.5 Å².